The standard InChI is InChI=1S/C11H17N2O5P/c1-2-3-8(11(13)14)7-4-5-9(12)10(6-7)18-19(15,16)17/h4-6,8H,2-3,12H2,1H3,(H2,13,14)(H2,15,16,17). The van der Waals surface area contributed by atoms with Gasteiger partial charge in [-0.25, -0.2) is 4.57 Å². The lowest BCUT2D eigenvalue weighted by molar-refractivity contribution is -0.119. The Kier molecular flexibility index (Phi) is 4.94. The fourth-order valence-electron chi connectivity index (χ4n) is 1.74. The lowest BCUT2D eigenvalue weighted by Gasteiger charge is -2.15. The molecule has 0 radical (unpaired) electrons. The van der Waals surface area contributed by atoms with Gasteiger partial charge in [-0.1, -0.05) is 19.4 Å². The number of carbonyl (C=O) groups excluding carboxylic acids is 1. The summed E-state index contributed by atoms with van der Waals surface area (Å²) in [6, 6.07) is 4.35. The minimum absolute atomic E-state index is 0.0757. The highest BCUT2D eigenvalue weighted by atomic mass is 31.2. The van der Waals surface area contributed by atoms with E-state index >= 15 is 0 Å². The van der Waals surface area contributed by atoms with Crippen LogP contribution in [0.4, 0.5) is 5.69 Å². The van der Waals surface area contributed by atoms with E-state index in [1.807, 2.05) is 6.92 Å². The lowest BCUT2D eigenvalue weighted by Crippen LogP contribution is -2.21. The van der Waals surface area contributed by atoms with Crippen LogP contribution in [-0.2, 0) is 9.36 Å². The number of nitrogens with two attached hydrogens (primary N) is 2. The highest BCUT2D eigenvalue weighted by Crippen LogP contribution is 2.41. The van der Waals surface area contributed by atoms with E-state index in [2.05, 4.69) is 4.52 Å². The first-order valence-electron chi connectivity index (χ1n) is 5.68. The SMILES string of the molecule is CCCC(C(N)=O)c1ccc(N)c(OP(=O)(O)O)c1. The summed E-state index contributed by atoms with van der Waals surface area (Å²) in [5, 5.41) is 0. The molecule has 106 valence electrons. The van der Waals surface area contributed by atoms with Gasteiger partial charge in [-0.15, -0.1) is 0 Å². The van der Waals surface area contributed by atoms with Crippen molar-refractivity contribution in [2.24, 2.45) is 5.73 Å². The largest absolute Gasteiger partial charge is 0.524 e. The van der Waals surface area contributed by atoms with Crippen LogP contribution in [0.2, 0.25) is 0 Å². The van der Waals surface area contributed by atoms with Crippen molar-refractivity contribution in [2.45, 2.75) is 25.7 Å². The van der Waals surface area contributed by atoms with Gasteiger partial charge in [0, 0.05) is 0 Å². The fraction of sp³-hybridized carbons (Fsp3) is 0.364. The Morgan fingerprint density at radius 2 is 2.11 bits per heavy atom. The number of benzene rings is 1. The third-order valence-corrected chi connectivity index (χ3v) is 3.01. The van der Waals surface area contributed by atoms with E-state index in [0.717, 1.165) is 6.42 Å². The molecular formula is C11H17N2O5P. The van der Waals surface area contributed by atoms with E-state index in [4.69, 9.17) is 21.3 Å². The summed E-state index contributed by atoms with van der Waals surface area (Å²) in [7, 11) is -4.70. The Morgan fingerprint density at radius 3 is 2.58 bits per heavy atom. The number of anilines is 1. The highest BCUT2D eigenvalue weighted by Gasteiger charge is 2.21. The lowest BCUT2D eigenvalue weighted by atomic mass is 9.93. The highest BCUT2D eigenvalue weighted by molar-refractivity contribution is 7.46. The van der Waals surface area contributed by atoms with E-state index in [-0.39, 0.29) is 11.4 Å². The van der Waals surface area contributed by atoms with Gasteiger partial charge in [-0.05, 0) is 24.1 Å². The summed E-state index contributed by atoms with van der Waals surface area (Å²) >= 11 is 0. The second-order valence-corrected chi connectivity index (χ2v) is 5.29. The number of nitrogen functional groups attached to an aromatic ring is 1. The molecule has 1 aromatic carbocycles. The number of phosphoric ester groups is 1. The molecule has 8 heteroatoms. The second kappa shape index (κ2) is 6.06. The van der Waals surface area contributed by atoms with Gasteiger partial charge in [-0.2, -0.15) is 0 Å². The molecule has 1 unspecified atom stereocenters. The molecule has 0 aliphatic carbocycles. The van der Waals surface area contributed by atoms with E-state index in [1.54, 1.807) is 6.07 Å². The fourth-order valence-corrected chi connectivity index (χ4v) is 2.15. The molecule has 7 nitrogen and oxygen atoms in total. The Hall–Kier alpha value is -1.56. The van der Waals surface area contributed by atoms with Crippen molar-refractivity contribution < 1.29 is 23.7 Å². The van der Waals surface area contributed by atoms with Crippen molar-refractivity contribution in [2.75, 3.05) is 5.73 Å². The van der Waals surface area contributed by atoms with Gasteiger partial charge >= 0.3 is 7.82 Å². The first-order chi connectivity index (χ1) is 8.74. The molecule has 1 amide bonds. The molecule has 0 spiro atoms. The smallest absolute Gasteiger partial charge is 0.402 e. The van der Waals surface area contributed by atoms with E-state index in [1.165, 1.54) is 12.1 Å². The molecule has 1 rings (SSSR count). The van der Waals surface area contributed by atoms with Crippen LogP contribution in [-0.4, -0.2) is 15.7 Å². The molecule has 0 heterocycles. The maximum Gasteiger partial charge on any atom is 0.524 e. The van der Waals surface area contributed by atoms with E-state index in [0.29, 0.717) is 12.0 Å². The predicted molar refractivity (Wildman–Crippen MR) is 70.4 cm³/mol. The average Bonchev–Trinajstić information content (AvgIpc) is 2.27. The quantitative estimate of drug-likeness (QED) is 0.457. The van der Waals surface area contributed by atoms with Crippen molar-refractivity contribution in [1.29, 1.82) is 0 Å². The molecule has 0 aliphatic heterocycles. The summed E-state index contributed by atoms with van der Waals surface area (Å²) < 4.78 is 15.3. The molecule has 19 heavy (non-hydrogen) atoms. The van der Waals surface area contributed by atoms with Crippen molar-refractivity contribution >= 4 is 19.4 Å². The first-order valence-corrected chi connectivity index (χ1v) is 7.21. The third kappa shape index (κ3) is 4.55. The molecule has 6 N–H and O–H groups in total. The van der Waals surface area contributed by atoms with Gasteiger partial charge in [0.1, 0.15) is 0 Å². The maximum atomic E-state index is 11.4. The Labute approximate surface area is 110 Å². The van der Waals surface area contributed by atoms with Crippen LogP contribution in [0.25, 0.3) is 0 Å². The summed E-state index contributed by atoms with van der Waals surface area (Å²) in [5.74, 6) is -1.20. The van der Waals surface area contributed by atoms with Crippen molar-refractivity contribution in [1.82, 2.24) is 0 Å². The summed E-state index contributed by atoms with van der Waals surface area (Å²) in [6.07, 6.45) is 1.28. The van der Waals surface area contributed by atoms with Crippen LogP contribution in [0, 0.1) is 0 Å². The zero-order valence-corrected chi connectivity index (χ0v) is 11.3. The van der Waals surface area contributed by atoms with Gasteiger partial charge in [0.2, 0.25) is 5.91 Å². The Morgan fingerprint density at radius 1 is 1.47 bits per heavy atom. The Bertz CT molecular complexity index is 514. The number of hydrogen-bond donors (Lipinski definition) is 4. The Balaban J connectivity index is 3.13. The van der Waals surface area contributed by atoms with Gasteiger partial charge in [0.15, 0.2) is 5.75 Å². The van der Waals surface area contributed by atoms with Gasteiger partial charge in [0.25, 0.3) is 0 Å². The maximum absolute atomic E-state index is 11.4. The first kappa shape index (κ1) is 15.5. The number of rotatable bonds is 6. The summed E-state index contributed by atoms with van der Waals surface area (Å²) in [4.78, 5) is 28.9. The number of carbonyl (C=O) groups is 1. The topological polar surface area (TPSA) is 136 Å². The zero-order chi connectivity index (χ0) is 14.6. The van der Waals surface area contributed by atoms with Crippen LogP contribution in [0.15, 0.2) is 18.2 Å². The van der Waals surface area contributed by atoms with Crippen molar-refractivity contribution in [3.05, 3.63) is 23.8 Å². The van der Waals surface area contributed by atoms with Crippen LogP contribution in [0.1, 0.15) is 31.2 Å². The average molecular weight is 288 g/mol. The zero-order valence-electron chi connectivity index (χ0n) is 10.4. The minimum Gasteiger partial charge on any atom is -0.402 e. The molecule has 0 bridgehead atoms. The number of hydrogen-bond acceptors (Lipinski definition) is 4. The molecule has 0 saturated carbocycles. The van der Waals surface area contributed by atoms with Gasteiger partial charge in [0.05, 0.1) is 11.6 Å². The molecule has 0 aliphatic rings. The molecule has 1 atom stereocenters. The van der Waals surface area contributed by atoms with Crippen molar-refractivity contribution in [3.8, 4) is 5.75 Å². The minimum atomic E-state index is -4.70. The monoisotopic (exact) mass is 288 g/mol. The van der Waals surface area contributed by atoms with Crippen LogP contribution in [0.3, 0.4) is 0 Å². The van der Waals surface area contributed by atoms with Gasteiger partial charge < -0.3 is 16.0 Å². The summed E-state index contributed by atoms with van der Waals surface area (Å²) in [5.41, 5.74) is 11.5. The number of phosphoric acid groups is 1. The molecule has 0 saturated heterocycles. The van der Waals surface area contributed by atoms with Crippen molar-refractivity contribution in [3.63, 3.8) is 0 Å². The summed E-state index contributed by atoms with van der Waals surface area (Å²) in [6.45, 7) is 1.90. The number of amides is 1. The van der Waals surface area contributed by atoms with Crippen LogP contribution >= 0.6 is 7.82 Å². The predicted octanol–water partition coefficient (Wildman–Crippen LogP) is 1.11. The van der Waals surface area contributed by atoms with Gasteiger partial charge in [-0.3, -0.25) is 14.6 Å². The molecule has 0 fully saturated rings. The van der Waals surface area contributed by atoms with E-state index in [9.17, 15) is 9.36 Å². The third-order valence-electron chi connectivity index (χ3n) is 2.58. The van der Waals surface area contributed by atoms with Crippen LogP contribution in [0.5, 0.6) is 5.75 Å². The van der Waals surface area contributed by atoms with Crippen LogP contribution < -0.4 is 16.0 Å². The molecule has 0 aromatic heterocycles. The molecular weight excluding hydrogens is 271 g/mol. The van der Waals surface area contributed by atoms with E-state index < -0.39 is 19.6 Å². The molecule has 1 aromatic rings. The number of primary amides is 1. The normalized spacial score (nSPS) is 13.0. The second-order valence-electron chi connectivity index (χ2n) is 4.12.